The first kappa shape index (κ1) is 21.5. The van der Waals surface area contributed by atoms with E-state index in [1.54, 1.807) is 6.92 Å². The van der Waals surface area contributed by atoms with Crippen LogP contribution in [0.4, 0.5) is 19.0 Å². The predicted molar refractivity (Wildman–Crippen MR) is 97.4 cm³/mol. The lowest BCUT2D eigenvalue weighted by molar-refractivity contribution is -0.137. The van der Waals surface area contributed by atoms with Crippen LogP contribution >= 0.6 is 11.6 Å². The molecular formula is C18H17ClF3N3O3. The lowest BCUT2D eigenvalue weighted by Crippen LogP contribution is -2.28. The molecule has 0 aliphatic carbocycles. The van der Waals surface area contributed by atoms with E-state index in [2.05, 4.69) is 15.6 Å². The molecule has 0 atom stereocenters. The van der Waals surface area contributed by atoms with Gasteiger partial charge in [0.2, 0.25) is 5.91 Å². The maximum Gasteiger partial charge on any atom is 0.416 e. The van der Waals surface area contributed by atoms with E-state index in [4.69, 9.17) is 16.3 Å². The lowest BCUT2D eigenvalue weighted by Gasteiger charge is -2.12. The Morgan fingerprint density at radius 2 is 1.96 bits per heavy atom. The molecule has 2 N–H and O–H groups in total. The number of rotatable bonds is 7. The van der Waals surface area contributed by atoms with Crippen molar-refractivity contribution in [3.63, 3.8) is 0 Å². The predicted octanol–water partition coefficient (Wildman–Crippen LogP) is 3.91. The van der Waals surface area contributed by atoms with Crippen molar-refractivity contribution in [2.24, 2.45) is 0 Å². The van der Waals surface area contributed by atoms with Crippen molar-refractivity contribution in [1.82, 2.24) is 10.3 Å². The molecule has 0 saturated carbocycles. The molecule has 150 valence electrons. The van der Waals surface area contributed by atoms with Crippen LogP contribution in [0.25, 0.3) is 0 Å². The third-order valence-electron chi connectivity index (χ3n) is 3.52. The van der Waals surface area contributed by atoms with Crippen LogP contribution < -0.4 is 15.4 Å². The zero-order valence-electron chi connectivity index (χ0n) is 14.8. The van der Waals surface area contributed by atoms with E-state index in [-0.39, 0.29) is 47.6 Å². The van der Waals surface area contributed by atoms with Crippen molar-refractivity contribution in [1.29, 1.82) is 0 Å². The molecule has 0 spiro atoms. The van der Waals surface area contributed by atoms with E-state index in [1.165, 1.54) is 18.3 Å². The molecule has 0 radical (unpaired) electrons. The molecule has 0 aliphatic heterocycles. The minimum Gasteiger partial charge on any atom is -0.490 e. The molecule has 10 heteroatoms. The molecule has 2 amide bonds. The number of hydrogen-bond acceptors (Lipinski definition) is 4. The Bertz CT molecular complexity index is 859. The first-order chi connectivity index (χ1) is 13.2. The molecule has 0 saturated heterocycles. The van der Waals surface area contributed by atoms with Crippen LogP contribution in [0.3, 0.4) is 0 Å². The van der Waals surface area contributed by atoms with E-state index in [1.807, 2.05) is 0 Å². The Labute approximate surface area is 164 Å². The summed E-state index contributed by atoms with van der Waals surface area (Å²) < 4.78 is 43.1. The SMILES string of the molecule is CCC(=O)Nc1cc(C(=O)NCCOc2ccc(C(F)(F)F)cc2Cl)ccn1. The minimum atomic E-state index is -4.49. The number of halogens is 4. The number of carbonyl (C=O) groups is 2. The van der Waals surface area contributed by atoms with Crippen molar-refractivity contribution in [3.05, 3.63) is 52.7 Å². The fourth-order valence-electron chi connectivity index (χ4n) is 2.09. The van der Waals surface area contributed by atoms with Gasteiger partial charge in [0.25, 0.3) is 5.91 Å². The highest BCUT2D eigenvalue weighted by Gasteiger charge is 2.31. The van der Waals surface area contributed by atoms with Crippen molar-refractivity contribution in [2.75, 3.05) is 18.5 Å². The fourth-order valence-corrected chi connectivity index (χ4v) is 2.33. The second-order valence-corrected chi connectivity index (χ2v) is 5.99. The quantitative estimate of drug-likeness (QED) is 0.672. The Balaban J connectivity index is 1.86. The summed E-state index contributed by atoms with van der Waals surface area (Å²) >= 11 is 5.79. The topological polar surface area (TPSA) is 80.3 Å². The van der Waals surface area contributed by atoms with Gasteiger partial charge in [-0.1, -0.05) is 18.5 Å². The Morgan fingerprint density at radius 1 is 1.21 bits per heavy atom. The van der Waals surface area contributed by atoms with Crippen molar-refractivity contribution in [2.45, 2.75) is 19.5 Å². The minimum absolute atomic E-state index is 0.00133. The maximum atomic E-state index is 12.6. The summed E-state index contributed by atoms with van der Waals surface area (Å²) in [6, 6.07) is 5.67. The molecular weight excluding hydrogens is 399 g/mol. The number of anilines is 1. The number of nitrogens with one attached hydrogen (secondary N) is 2. The molecule has 0 unspecified atom stereocenters. The van der Waals surface area contributed by atoms with Crippen LogP contribution in [0.1, 0.15) is 29.3 Å². The van der Waals surface area contributed by atoms with Gasteiger partial charge in [-0.25, -0.2) is 4.98 Å². The summed E-state index contributed by atoms with van der Waals surface area (Å²) in [7, 11) is 0. The van der Waals surface area contributed by atoms with Gasteiger partial charge in [-0.3, -0.25) is 9.59 Å². The standard InChI is InChI=1S/C18H17ClF3N3O3/c1-2-16(26)25-15-9-11(5-6-23-15)17(27)24-7-8-28-14-4-3-12(10-13(14)19)18(20,21)22/h3-6,9-10H,2,7-8H2,1H3,(H,24,27)(H,23,25,26). The molecule has 2 rings (SSSR count). The van der Waals surface area contributed by atoms with Gasteiger partial charge >= 0.3 is 6.18 Å². The second kappa shape index (κ2) is 9.41. The van der Waals surface area contributed by atoms with E-state index in [0.717, 1.165) is 18.2 Å². The average molecular weight is 416 g/mol. The van der Waals surface area contributed by atoms with Gasteiger partial charge in [0.15, 0.2) is 0 Å². The molecule has 0 fully saturated rings. The number of hydrogen-bond donors (Lipinski definition) is 2. The number of benzene rings is 1. The van der Waals surface area contributed by atoms with Gasteiger partial charge in [0, 0.05) is 18.2 Å². The van der Waals surface area contributed by atoms with Gasteiger partial charge in [-0.2, -0.15) is 13.2 Å². The highest BCUT2D eigenvalue weighted by Crippen LogP contribution is 2.34. The molecule has 6 nitrogen and oxygen atoms in total. The molecule has 0 bridgehead atoms. The first-order valence-corrected chi connectivity index (χ1v) is 8.62. The number of amides is 2. The van der Waals surface area contributed by atoms with E-state index >= 15 is 0 Å². The number of carbonyl (C=O) groups excluding carboxylic acids is 2. The normalized spacial score (nSPS) is 11.0. The smallest absolute Gasteiger partial charge is 0.416 e. The van der Waals surface area contributed by atoms with E-state index in [0.29, 0.717) is 0 Å². The van der Waals surface area contributed by atoms with Crippen LogP contribution in [-0.2, 0) is 11.0 Å². The molecule has 2 aromatic rings. The third kappa shape index (κ3) is 6.12. The van der Waals surface area contributed by atoms with Crippen molar-refractivity contribution < 1.29 is 27.5 Å². The molecule has 1 aromatic carbocycles. The van der Waals surface area contributed by atoms with Crippen LogP contribution in [0.2, 0.25) is 5.02 Å². The van der Waals surface area contributed by atoms with Gasteiger partial charge in [-0.05, 0) is 30.3 Å². The summed E-state index contributed by atoms with van der Waals surface area (Å²) in [6.45, 7) is 1.78. The monoisotopic (exact) mass is 415 g/mol. The van der Waals surface area contributed by atoms with E-state index < -0.39 is 17.6 Å². The molecule has 0 aliphatic rings. The zero-order chi connectivity index (χ0) is 20.7. The summed E-state index contributed by atoms with van der Waals surface area (Å²) in [6.07, 6.45) is -2.82. The van der Waals surface area contributed by atoms with Gasteiger partial charge in [0.05, 0.1) is 17.1 Å². The highest BCUT2D eigenvalue weighted by molar-refractivity contribution is 6.32. The van der Waals surface area contributed by atoms with Gasteiger partial charge in [0.1, 0.15) is 18.2 Å². The Kier molecular flexibility index (Phi) is 7.22. The zero-order valence-corrected chi connectivity index (χ0v) is 15.5. The van der Waals surface area contributed by atoms with Crippen LogP contribution in [-0.4, -0.2) is 29.9 Å². The first-order valence-electron chi connectivity index (χ1n) is 8.24. The van der Waals surface area contributed by atoms with Crippen LogP contribution in [0, 0.1) is 0 Å². The number of nitrogens with zero attached hydrogens (tertiary/aromatic N) is 1. The fraction of sp³-hybridized carbons (Fsp3) is 0.278. The number of aromatic nitrogens is 1. The summed E-state index contributed by atoms with van der Waals surface area (Å²) in [5.41, 5.74) is -0.587. The number of ether oxygens (including phenoxy) is 1. The highest BCUT2D eigenvalue weighted by atomic mass is 35.5. The number of pyridine rings is 1. The van der Waals surface area contributed by atoms with Crippen LogP contribution in [0.15, 0.2) is 36.5 Å². The lowest BCUT2D eigenvalue weighted by atomic mass is 10.2. The average Bonchev–Trinajstić information content (AvgIpc) is 2.65. The van der Waals surface area contributed by atoms with Crippen LogP contribution in [0.5, 0.6) is 5.75 Å². The van der Waals surface area contributed by atoms with E-state index in [9.17, 15) is 22.8 Å². The third-order valence-corrected chi connectivity index (χ3v) is 3.81. The molecule has 1 heterocycles. The Morgan fingerprint density at radius 3 is 2.61 bits per heavy atom. The molecule has 28 heavy (non-hydrogen) atoms. The number of alkyl halides is 3. The summed E-state index contributed by atoms with van der Waals surface area (Å²) in [4.78, 5) is 27.4. The maximum absolute atomic E-state index is 12.6. The summed E-state index contributed by atoms with van der Waals surface area (Å²) in [5, 5.41) is 4.96. The van der Waals surface area contributed by atoms with Gasteiger partial charge < -0.3 is 15.4 Å². The second-order valence-electron chi connectivity index (χ2n) is 5.58. The van der Waals surface area contributed by atoms with Crippen molar-refractivity contribution in [3.8, 4) is 5.75 Å². The Hall–Kier alpha value is -2.81. The summed E-state index contributed by atoms with van der Waals surface area (Å²) in [5.74, 6) is -0.312. The largest absolute Gasteiger partial charge is 0.490 e. The van der Waals surface area contributed by atoms with Gasteiger partial charge in [-0.15, -0.1) is 0 Å². The molecule has 1 aromatic heterocycles. The van der Waals surface area contributed by atoms with Crippen molar-refractivity contribution >= 4 is 29.2 Å².